The Hall–Kier alpha value is -4.21. The molecule has 44 heavy (non-hydrogen) atoms. The number of anilines is 1. The molecular formula is C36H37NO7. The van der Waals surface area contributed by atoms with E-state index in [2.05, 4.69) is 0 Å². The van der Waals surface area contributed by atoms with Crippen LogP contribution in [-0.4, -0.2) is 42.5 Å². The van der Waals surface area contributed by atoms with Crippen LogP contribution in [0.15, 0.2) is 103 Å². The summed E-state index contributed by atoms with van der Waals surface area (Å²) in [5, 5.41) is 13.2. The summed E-state index contributed by atoms with van der Waals surface area (Å²) in [6.07, 6.45) is -1.56. The maximum absolute atomic E-state index is 12.3. The molecule has 1 N–H and O–H groups in total. The fourth-order valence-corrected chi connectivity index (χ4v) is 5.61. The number of hydrogen-bond acceptors (Lipinski definition) is 8. The van der Waals surface area contributed by atoms with Crippen LogP contribution >= 0.6 is 0 Å². The fourth-order valence-electron chi connectivity index (χ4n) is 5.61. The molecule has 0 saturated carbocycles. The second-order valence-electron chi connectivity index (χ2n) is 11.2. The summed E-state index contributed by atoms with van der Waals surface area (Å²) in [5.74, 6) is -0.413. The van der Waals surface area contributed by atoms with Gasteiger partial charge in [-0.3, -0.25) is 4.79 Å². The number of carbonyl (C=O) groups excluding carboxylic acids is 1. The van der Waals surface area contributed by atoms with Gasteiger partial charge >= 0.3 is 5.97 Å². The van der Waals surface area contributed by atoms with E-state index in [-0.39, 0.29) is 19.3 Å². The lowest BCUT2D eigenvalue weighted by atomic mass is 9.87. The van der Waals surface area contributed by atoms with Gasteiger partial charge in [-0.1, -0.05) is 91.0 Å². The van der Waals surface area contributed by atoms with Crippen molar-refractivity contribution in [2.75, 3.05) is 18.2 Å². The van der Waals surface area contributed by atoms with E-state index >= 15 is 0 Å². The van der Waals surface area contributed by atoms with Crippen molar-refractivity contribution in [1.82, 2.24) is 0 Å². The summed E-state index contributed by atoms with van der Waals surface area (Å²) in [4.78, 5) is 18.0. The molecule has 6 rings (SSSR count). The van der Waals surface area contributed by atoms with Crippen molar-refractivity contribution in [3.63, 3.8) is 0 Å². The monoisotopic (exact) mass is 595 g/mol. The molecule has 2 aliphatic heterocycles. The second kappa shape index (κ2) is 14.1. The third kappa shape index (κ3) is 7.46. The smallest absolute Gasteiger partial charge is 0.329 e. The normalized spacial score (nSPS) is 20.5. The number of epoxide rings is 1. The average molecular weight is 596 g/mol. The minimum absolute atomic E-state index is 0.203. The first-order valence-corrected chi connectivity index (χ1v) is 14.9. The number of aliphatic hydroxyl groups excluding tert-OH is 1. The number of hydrogen-bond donors (Lipinski definition) is 1. The Labute approximate surface area is 257 Å². The molecule has 0 aliphatic carbocycles. The van der Waals surface area contributed by atoms with Crippen molar-refractivity contribution in [2.24, 2.45) is 0 Å². The van der Waals surface area contributed by atoms with E-state index in [1.165, 1.54) is 6.92 Å². The molecule has 4 aromatic rings. The number of nitrogens with zero attached hydrogens (tertiary/aromatic N) is 1. The molecule has 1 saturated heterocycles. The lowest BCUT2D eigenvalue weighted by Crippen LogP contribution is -2.39. The maximum atomic E-state index is 12.3. The minimum Gasteiger partial charge on any atom is -0.489 e. The van der Waals surface area contributed by atoms with Crippen LogP contribution in [-0.2, 0) is 50.3 Å². The number of aliphatic hydroxyl groups is 1. The highest BCUT2D eigenvalue weighted by atomic mass is 16.7. The van der Waals surface area contributed by atoms with E-state index in [0.29, 0.717) is 43.4 Å². The van der Waals surface area contributed by atoms with Crippen molar-refractivity contribution < 1.29 is 33.7 Å². The van der Waals surface area contributed by atoms with Crippen molar-refractivity contribution in [1.29, 1.82) is 0 Å². The molecular weight excluding hydrogens is 558 g/mol. The second-order valence-corrected chi connectivity index (χ2v) is 11.2. The SMILES string of the molecule is CC(=O)ON1C[C@H]2O[C@H]2[C@H](O)[C@@H](COCc2ccccc2)c2c(OCc3ccccc3)cc(COCc3ccccc3)cc21. The largest absolute Gasteiger partial charge is 0.489 e. The summed E-state index contributed by atoms with van der Waals surface area (Å²) in [7, 11) is 0. The molecule has 0 radical (unpaired) electrons. The summed E-state index contributed by atoms with van der Waals surface area (Å²) >= 11 is 0. The molecule has 0 aromatic heterocycles. The number of fused-ring (bicyclic) bond motifs is 2. The zero-order valence-corrected chi connectivity index (χ0v) is 24.7. The van der Waals surface area contributed by atoms with Gasteiger partial charge in [0.15, 0.2) is 0 Å². The molecule has 0 spiro atoms. The zero-order chi connectivity index (χ0) is 30.3. The number of ether oxygens (including phenoxy) is 4. The predicted molar refractivity (Wildman–Crippen MR) is 165 cm³/mol. The highest BCUT2D eigenvalue weighted by molar-refractivity contribution is 5.70. The molecule has 0 unspecified atom stereocenters. The Kier molecular flexibility index (Phi) is 9.53. The highest BCUT2D eigenvalue weighted by Gasteiger charge is 2.52. The number of rotatable bonds is 12. The summed E-state index contributed by atoms with van der Waals surface area (Å²) < 4.78 is 24.7. The van der Waals surface area contributed by atoms with Crippen LogP contribution in [0.1, 0.15) is 40.7 Å². The quantitative estimate of drug-likeness (QED) is 0.209. The van der Waals surface area contributed by atoms with Crippen LogP contribution in [0.3, 0.4) is 0 Å². The molecule has 0 bridgehead atoms. The van der Waals surface area contributed by atoms with E-state index < -0.39 is 24.1 Å². The fraction of sp³-hybridized carbons (Fsp3) is 0.306. The molecule has 2 aliphatic rings. The van der Waals surface area contributed by atoms with Gasteiger partial charge in [0.1, 0.15) is 24.6 Å². The summed E-state index contributed by atoms with van der Waals surface area (Å²) in [5.41, 5.74) is 5.25. The van der Waals surface area contributed by atoms with Crippen molar-refractivity contribution in [3.8, 4) is 5.75 Å². The van der Waals surface area contributed by atoms with Gasteiger partial charge in [-0.25, -0.2) is 5.06 Å². The van der Waals surface area contributed by atoms with E-state index in [4.69, 9.17) is 23.8 Å². The molecule has 0 amide bonds. The van der Waals surface area contributed by atoms with Crippen LogP contribution < -0.4 is 9.80 Å². The maximum Gasteiger partial charge on any atom is 0.329 e. The average Bonchev–Trinajstić information content (AvgIpc) is 3.81. The Morgan fingerprint density at radius 3 is 1.98 bits per heavy atom. The molecule has 228 valence electrons. The van der Waals surface area contributed by atoms with Crippen LogP contribution in [0.4, 0.5) is 5.69 Å². The van der Waals surface area contributed by atoms with Crippen LogP contribution in [0.2, 0.25) is 0 Å². The minimum atomic E-state index is -0.853. The van der Waals surface area contributed by atoms with Gasteiger partial charge in [-0.05, 0) is 34.4 Å². The summed E-state index contributed by atoms with van der Waals surface area (Å²) in [6, 6.07) is 33.7. The van der Waals surface area contributed by atoms with Crippen LogP contribution in [0.5, 0.6) is 5.75 Å². The molecule has 4 aromatic carbocycles. The molecule has 2 heterocycles. The van der Waals surface area contributed by atoms with Gasteiger partial charge < -0.3 is 28.9 Å². The van der Waals surface area contributed by atoms with Crippen LogP contribution in [0.25, 0.3) is 0 Å². The summed E-state index contributed by atoms with van der Waals surface area (Å²) in [6.45, 7) is 3.29. The van der Waals surface area contributed by atoms with Gasteiger partial charge in [0.05, 0.1) is 44.8 Å². The zero-order valence-electron chi connectivity index (χ0n) is 24.7. The van der Waals surface area contributed by atoms with E-state index in [1.807, 2.05) is 103 Å². The Bertz CT molecular complexity index is 1520. The predicted octanol–water partition coefficient (Wildman–Crippen LogP) is 5.71. The standard InChI is InChI=1S/C36H37NO7/c1-25(38)44-37-19-33-36(43-33)35(39)30(24-41-21-27-13-7-3-8-14-27)34-31(37)17-29(22-40-20-26-11-5-2-6-12-26)18-32(34)42-23-28-15-9-4-10-16-28/h2-18,30,33,35-36,39H,19-24H2,1H3/t30-,33+,35+,36+/m0/s1. The van der Waals surface area contributed by atoms with E-state index in [9.17, 15) is 9.90 Å². The van der Waals surface area contributed by atoms with Gasteiger partial charge in [0.2, 0.25) is 0 Å². The third-order valence-electron chi connectivity index (χ3n) is 7.80. The van der Waals surface area contributed by atoms with Crippen molar-refractivity contribution >= 4 is 11.7 Å². The molecule has 8 nitrogen and oxygen atoms in total. The number of benzene rings is 4. The number of hydroxylamine groups is 1. The number of carbonyl (C=O) groups is 1. The lowest BCUT2D eigenvalue weighted by molar-refractivity contribution is -0.142. The van der Waals surface area contributed by atoms with E-state index in [1.54, 1.807) is 5.06 Å². The Morgan fingerprint density at radius 1 is 0.795 bits per heavy atom. The van der Waals surface area contributed by atoms with Crippen molar-refractivity contribution in [3.05, 3.63) is 131 Å². The molecule has 8 heteroatoms. The van der Waals surface area contributed by atoms with E-state index in [0.717, 1.165) is 22.3 Å². The van der Waals surface area contributed by atoms with Crippen molar-refractivity contribution in [2.45, 2.75) is 57.6 Å². The first-order valence-electron chi connectivity index (χ1n) is 14.9. The highest BCUT2D eigenvalue weighted by Crippen LogP contribution is 2.46. The first-order chi connectivity index (χ1) is 21.5. The Balaban J connectivity index is 1.36. The van der Waals surface area contributed by atoms with Gasteiger partial charge in [-0.15, -0.1) is 0 Å². The lowest BCUT2D eigenvalue weighted by Gasteiger charge is -2.33. The third-order valence-corrected chi connectivity index (χ3v) is 7.80. The molecule has 1 fully saturated rings. The van der Waals surface area contributed by atoms with Gasteiger partial charge in [0.25, 0.3) is 0 Å². The molecule has 4 atom stereocenters. The topological polar surface area (TPSA) is 90.0 Å². The first kappa shape index (κ1) is 29.8. The van der Waals surface area contributed by atoms with Gasteiger partial charge in [0, 0.05) is 18.4 Å². The van der Waals surface area contributed by atoms with Gasteiger partial charge in [-0.2, -0.15) is 0 Å². The van der Waals surface area contributed by atoms with Crippen LogP contribution in [0, 0.1) is 0 Å². The Morgan fingerprint density at radius 2 is 1.36 bits per heavy atom.